The van der Waals surface area contributed by atoms with Gasteiger partial charge in [-0.3, -0.25) is 0 Å². The Morgan fingerprint density at radius 1 is 1.26 bits per heavy atom. The third-order valence-corrected chi connectivity index (χ3v) is 4.14. The summed E-state index contributed by atoms with van der Waals surface area (Å²) in [6, 6.07) is 11.5. The van der Waals surface area contributed by atoms with Gasteiger partial charge in [0.1, 0.15) is 0 Å². The smallest absolute Gasteiger partial charge is 0.0561 e. The molecule has 1 aliphatic rings. The van der Waals surface area contributed by atoms with E-state index >= 15 is 0 Å². The Morgan fingerprint density at radius 2 is 2.00 bits per heavy atom. The number of ether oxygens (including phenoxy) is 1. The van der Waals surface area contributed by atoms with Crippen molar-refractivity contribution in [3.05, 3.63) is 35.9 Å². The maximum Gasteiger partial charge on any atom is 0.0561 e. The van der Waals surface area contributed by atoms with E-state index in [9.17, 15) is 0 Å². The summed E-state index contributed by atoms with van der Waals surface area (Å²) in [5.74, 6) is 1.26. The second kappa shape index (κ2) is 7.06. The van der Waals surface area contributed by atoms with Crippen molar-refractivity contribution in [1.29, 1.82) is 0 Å². The summed E-state index contributed by atoms with van der Waals surface area (Å²) in [4.78, 5) is 0. The molecular weight excluding hydrogens is 234 g/mol. The van der Waals surface area contributed by atoms with Crippen LogP contribution in [-0.4, -0.2) is 25.3 Å². The van der Waals surface area contributed by atoms with Crippen molar-refractivity contribution in [2.45, 2.75) is 51.7 Å². The van der Waals surface area contributed by atoms with Gasteiger partial charge in [0.05, 0.1) is 6.10 Å². The number of hydrogen-bond donors (Lipinski definition) is 1. The quantitative estimate of drug-likeness (QED) is 0.874. The van der Waals surface area contributed by atoms with Crippen molar-refractivity contribution < 1.29 is 4.74 Å². The van der Waals surface area contributed by atoms with E-state index in [1.54, 1.807) is 0 Å². The topological polar surface area (TPSA) is 21.3 Å². The molecule has 2 rings (SSSR count). The fraction of sp³-hybridized carbons (Fsp3) is 0.647. The van der Waals surface area contributed by atoms with Gasteiger partial charge in [0.15, 0.2) is 0 Å². The minimum Gasteiger partial charge on any atom is -0.378 e. The molecule has 0 aliphatic carbocycles. The summed E-state index contributed by atoms with van der Waals surface area (Å²) in [5.41, 5.74) is 1.45. The van der Waals surface area contributed by atoms with Crippen LogP contribution >= 0.6 is 0 Å². The van der Waals surface area contributed by atoms with Gasteiger partial charge in [-0.15, -0.1) is 0 Å². The van der Waals surface area contributed by atoms with Gasteiger partial charge in [-0.25, -0.2) is 0 Å². The highest BCUT2D eigenvalue weighted by atomic mass is 16.5. The molecule has 0 saturated carbocycles. The minimum absolute atomic E-state index is 0.403. The first kappa shape index (κ1) is 14.5. The highest BCUT2D eigenvalue weighted by Crippen LogP contribution is 2.24. The third kappa shape index (κ3) is 4.32. The fourth-order valence-corrected chi connectivity index (χ4v) is 2.92. The second-order valence-electron chi connectivity index (χ2n) is 6.07. The lowest BCUT2D eigenvalue weighted by atomic mass is 9.88. The molecule has 3 unspecified atom stereocenters. The van der Waals surface area contributed by atoms with Crippen LogP contribution in [0.1, 0.15) is 45.1 Å². The average molecular weight is 261 g/mol. The molecule has 2 heteroatoms. The van der Waals surface area contributed by atoms with Gasteiger partial charge >= 0.3 is 0 Å². The van der Waals surface area contributed by atoms with Crippen LogP contribution in [0.25, 0.3) is 0 Å². The van der Waals surface area contributed by atoms with Crippen LogP contribution in [-0.2, 0) is 4.74 Å². The Kier molecular flexibility index (Phi) is 5.41. The second-order valence-corrected chi connectivity index (χ2v) is 6.07. The zero-order valence-electron chi connectivity index (χ0n) is 12.4. The molecule has 0 bridgehead atoms. The third-order valence-electron chi connectivity index (χ3n) is 4.14. The van der Waals surface area contributed by atoms with Gasteiger partial charge < -0.3 is 10.1 Å². The number of hydrogen-bond acceptors (Lipinski definition) is 2. The standard InChI is InChI=1S/C17H27NO/c1-13(2)17(15-7-5-4-6-8-15)12-18-16-9-10-19-14(3)11-16/h4-8,13-14,16-18H,9-12H2,1-3H3. The molecule has 1 heterocycles. The van der Waals surface area contributed by atoms with Crippen molar-refractivity contribution in [3.8, 4) is 0 Å². The minimum atomic E-state index is 0.403. The lowest BCUT2D eigenvalue weighted by molar-refractivity contribution is 0.0129. The van der Waals surface area contributed by atoms with Gasteiger partial charge in [0, 0.05) is 19.2 Å². The fourth-order valence-electron chi connectivity index (χ4n) is 2.92. The molecule has 2 nitrogen and oxygen atoms in total. The zero-order chi connectivity index (χ0) is 13.7. The van der Waals surface area contributed by atoms with E-state index in [-0.39, 0.29) is 0 Å². The number of nitrogens with one attached hydrogen (secondary N) is 1. The first-order valence-corrected chi connectivity index (χ1v) is 7.56. The molecule has 1 N–H and O–H groups in total. The lowest BCUT2D eigenvalue weighted by Gasteiger charge is -2.30. The molecule has 0 spiro atoms. The van der Waals surface area contributed by atoms with Crippen LogP contribution in [0.3, 0.4) is 0 Å². The van der Waals surface area contributed by atoms with Crippen LogP contribution in [0, 0.1) is 5.92 Å². The maximum absolute atomic E-state index is 5.61. The summed E-state index contributed by atoms with van der Waals surface area (Å²) in [6.45, 7) is 8.76. The normalized spacial score (nSPS) is 25.5. The SMILES string of the molecule is CC1CC(NCC(c2ccccc2)C(C)C)CCO1. The largest absolute Gasteiger partial charge is 0.378 e. The summed E-state index contributed by atoms with van der Waals surface area (Å²) >= 11 is 0. The van der Waals surface area contributed by atoms with E-state index in [0.717, 1.165) is 26.0 Å². The maximum atomic E-state index is 5.61. The van der Waals surface area contributed by atoms with E-state index in [0.29, 0.717) is 24.0 Å². The summed E-state index contributed by atoms with van der Waals surface area (Å²) in [7, 11) is 0. The van der Waals surface area contributed by atoms with Gasteiger partial charge in [-0.1, -0.05) is 44.2 Å². The first-order chi connectivity index (χ1) is 9.16. The predicted octanol–water partition coefficient (Wildman–Crippen LogP) is 3.58. The Balaban J connectivity index is 1.91. The van der Waals surface area contributed by atoms with Crippen LogP contribution in [0.2, 0.25) is 0 Å². The molecule has 1 aromatic carbocycles. The molecule has 0 amide bonds. The highest BCUT2D eigenvalue weighted by molar-refractivity contribution is 5.20. The molecule has 1 fully saturated rings. The molecule has 1 aromatic rings. The number of benzene rings is 1. The van der Waals surface area contributed by atoms with Gasteiger partial charge in [0.2, 0.25) is 0 Å². The summed E-state index contributed by atoms with van der Waals surface area (Å²) < 4.78 is 5.61. The predicted molar refractivity (Wildman–Crippen MR) is 80.5 cm³/mol. The van der Waals surface area contributed by atoms with Crippen LogP contribution in [0.4, 0.5) is 0 Å². The Morgan fingerprint density at radius 3 is 2.63 bits per heavy atom. The molecule has 0 radical (unpaired) electrons. The van der Waals surface area contributed by atoms with Crippen molar-refractivity contribution in [2.75, 3.05) is 13.2 Å². The summed E-state index contributed by atoms with van der Waals surface area (Å²) in [6.07, 6.45) is 2.68. The van der Waals surface area contributed by atoms with E-state index in [1.165, 1.54) is 5.56 Å². The monoisotopic (exact) mass is 261 g/mol. The van der Waals surface area contributed by atoms with Crippen molar-refractivity contribution in [2.24, 2.45) is 5.92 Å². The van der Waals surface area contributed by atoms with Crippen LogP contribution in [0.15, 0.2) is 30.3 Å². The van der Waals surface area contributed by atoms with E-state index < -0.39 is 0 Å². The molecule has 1 aliphatic heterocycles. The zero-order valence-corrected chi connectivity index (χ0v) is 12.4. The lowest BCUT2D eigenvalue weighted by Crippen LogP contribution is -2.40. The summed E-state index contributed by atoms with van der Waals surface area (Å²) in [5, 5.41) is 3.75. The van der Waals surface area contributed by atoms with Gasteiger partial charge in [-0.2, -0.15) is 0 Å². The molecule has 0 aromatic heterocycles. The van der Waals surface area contributed by atoms with Crippen molar-refractivity contribution in [3.63, 3.8) is 0 Å². The van der Waals surface area contributed by atoms with Crippen LogP contribution in [0.5, 0.6) is 0 Å². The van der Waals surface area contributed by atoms with Crippen molar-refractivity contribution in [1.82, 2.24) is 5.32 Å². The Labute approximate surface area is 117 Å². The average Bonchev–Trinajstić information content (AvgIpc) is 2.40. The van der Waals surface area contributed by atoms with Crippen molar-refractivity contribution >= 4 is 0 Å². The van der Waals surface area contributed by atoms with E-state index in [1.807, 2.05) is 0 Å². The molecule has 19 heavy (non-hydrogen) atoms. The molecule has 106 valence electrons. The van der Waals surface area contributed by atoms with Gasteiger partial charge in [-0.05, 0) is 37.2 Å². The van der Waals surface area contributed by atoms with Crippen LogP contribution < -0.4 is 5.32 Å². The molecule has 3 atom stereocenters. The van der Waals surface area contributed by atoms with Gasteiger partial charge in [0.25, 0.3) is 0 Å². The first-order valence-electron chi connectivity index (χ1n) is 7.56. The molecular formula is C17H27NO. The Hall–Kier alpha value is -0.860. The van der Waals surface area contributed by atoms with E-state index in [4.69, 9.17) is 4.74 Å². The van der Waals surface area contributed by atoms with E-state index in [2.05, 4.69) is 56.4 Å². The molecule has 1 saturated heterocycles. The highest BCUT2D eigenvalue weighted by Gasteiger charge is 2.21. The number of rotatable bonds is 5. The Bertz CT molecular complexity index is 363.